The number of aryl methyl sites for hydroxylation is 1. The Bertz CT molecular complexity index is 935. The summed E-state index contributed by atoms with van der Waals surface area (Å²) >= 11 is 0. The van der Waals surface area contributed by atoms with E-state index in [-0.39, 0.29) is 0 Å². The minimum atomic E-state index is 0.387. The third-order valence-electron chi connectivity index (χ3n) is 8.65. The number of benzene rings is 2. The number of ether oxygens (including phenoxy) is 1. The second-order valence-corrected chi connectivity index (χ2v) is 10.5. The molecule has 1 atom stereocenters. The van der Waals surface area contributed by atoms with Crippen LogP contribution in [0.4, 0.5) is 5.69 Å². The van der Waals surface area contributed by atoms with Crippen molar-refractivity contribution in [1.29, 1.82) is 0 Å². The summed E-state index contributed by atoms with van der Waals surface area (Å²) in [5, 5.41) is 0. The normalized spacial score (nSPS) is 21.2. The number of fused-ring (bicyclic) bond motifs is 1. The predicted molar refractivity (Wildman–Crippen MR) is 142 cm³/mol. The van der Waals surface area contributed by atoms with Crippen molar-refractivity contribution in [2.75, 3.05) is 26.2 Å². The molecule has 0 amide bonds. The summed E-state index contributed by atoms with van der Waals surface area (Å²) in [5.41, 5.74) is 4.38. The first kappa shape index (κ1) is 24.8. The lowest BCUT2D eigenvalue weighted by Gasteiger charge is -2.50. The number of nitrogens with zero attached hydrogens (tertiary/aromatic N) is 2. The summed E-state index contributed by atoms with van der Waals surface area (Å²) in [4.78, 5) is 6.09. The molecule has 3 nitrogen and oxygen atoms in total. The molecule has 0 N–H and O–H groups in total. The molecule has 2 aromatic rings. The first-order valence-electron chi connectivity index (χ1n) is 13.6. The van der Waals surface area contributed by atoms with E-state index in [1.54, 1.807) is 11.1 Å². The van der Waals surface area contributed by atoms with E-state index in [9.17, 15) is 0 Å². The van der Waals surface area contributed by atoms with E-state index in [1.165, 1.54) is 64.5 Å². The summed E-state index contributed by atoms with van der Waals surface area (Å²) in [6, 6.07) is 16.9. The summed E-state index contributed by atoms with van der Waals surface area (Å²) in [7, 11) is 0. The minimum Gasteiger partial charge on any atom is -0.494 e. The van der Waals surface area contributed by atoms with Crippen LogP contribution in [0.1, 0.15) is 76.3 Å². The van der Waals surface area contributed by atoms with Crippen molar-refractivity contribution in [2.24, 2.45) is 11.8 Å². The molecular weight excluding hydrogens is 416 g/mol. The number of rotatable bonds is 10. The largest absolute Gasteiger partial charge is 0.494 e. The van der Waals surface area contributed by atoms with Crippen molar-refractivity contribution in [2.45, 2.75) is 77.0 Å². The fraction of sp³-hybridized carbons (Fsp3) is 0.581. The van der Waals surface area contributed by atoms with Gasteiger partial charge in [-0.05, 0) is 98.5 Å². The highest BCUT2D eigenvalue weighted by molar-refractivity contribution is 5.47. The minimum absolute atomic E-state index is 0.387. The van der Waals surface area contributed by atoms with Gasteiger partial charge in [-0.2, -0.15) is 0 Å². The second-order valence-electron chi connectivity index (χ2n) is 10.5. The van der Waals surface area contributed by atoms with E-state index in [2.05, 4.69) is 47.9 Å². The van der Waals surface area contributed by atoms with Crippen LogP contribution in [-0.4, -0.2) is 31.1 Å². The summed E-state index contributed by atoms with van der Waals surface area (Å²) in [6.45, 7) is 16.1. The van der Waals surface area contributed by atoms with Crippen LogP contribution < -0.4 is 4.74 Å². The van der Waals surface area contributed by atoms with Crippen LogP contribution in [0.2, 0.25) is 0 Å². The van der Waals surface area contributed by atoms with Crippen LogP contribution in [0.3, 0.4) is 0 Å². The molecule has 2 aliphatic rings. The molecule has 1 aliphatic carbocycles. The number of hydrogen-bond donors (Lipinski definition) is 0. The molecule has 4 rings (SSSR count). The van der Waals surface area contributed by atoms with Gasteiger partial charge in [-0.1, -0.05) is 63.1 Å². The van der Waals surface area contributed by atoms with Gasteiger partial charge in [0.25, 0.3) is 0 Å². The van der Waals surface area contributed by atoms with Gasteiger partial charge in [-0.15, -0.1) is 0 Å². The van der Waals surface area contributed by atoms with Crippen molar-refractivity contribution in [3.8, 4) is 5.75 Å². The molecule has 1 unspecified atom stereocenters. The molecule has 0 radical (unpaired) electrons. The molecule has 1 saturated heterocycles. The Balaban J connectivity index is 1.34. The molecule has 34 heavy (non-hydrogen) atoms. The second kappa shape index (κ2) is 11.9. The molecule has 0 saturated carbocycles. The fourth-order valence-corrected chi connectivity index (χ4v) is 6.65. The van der Waals surface area contributed by atoms with Crippen molar-refractivity contribution in [3.63, 3.8) is 0 Å². The van der Waals surface area contributed by atoms with Gasteiger partial charge in [0, 0.05) is 6.54 Å². The third-order valence-corrected chi connectivity index (χ3v) is 8.65. The van der Waals surface area contributed by atoms with Crippen LogP contribution >= 0.6 is 0 Å². The zero-order valence-electron chi connectivity index (χ0n) is 21.3. The van der Waals surface area contributed by atoms with E-state index in [0.717, 1.165) is 37.2 Å². The fourth-order valence-electron chi connectivity index (χ4n) is 6.65. The zero-order chi connectivity index (χ0) is 23.8. The maximum Gasteiger partial charge on any atom is 0.187 e. The van der Waals surface area contributed by atoms with E-state index >= 15 is 0 Å². The molecule has 1 heterocycles. The van der Waals surface area contributed by atoms with Gasteiger partial charge < -0.3 is 9.64 Å². The van der Waals surface area contributed by atoms with Gasteiger partial charge in [-0.25, -0.2) is 4.85 Å². The Kier molecular flexibility index (Phi) is 8.68. The maximum absolute atomic E-state index is 7.05. The van der Waals surface area contributed by atoms with Gasteiger partial charge in [0.15, 0.2) is 5.69 Å². The summed E-state index contributed by atoms with van der Waals surface area (Å²) in [5.74, 6) is 2.51. The summed E-state index contributed by atoms with van der Waals surface area (Å²) in [6.07, 6.45) is 11.7. The lowest BCUT2D eigenvalue weighted by Crippen LogP contribution is -2.46. The first-order chi connectivity index (χ1) is 16.7. The SMILES string of the molecule is [C-]#[N+]c1ccc(OCCCN2CCC(C3(CC(CC)CC)CCCc4ccccc43)CC2)cc1. The van der Waals surface area contributed by atoms with E-state index in [4.69, 9.17) is 11.3 Å². The Labute approximate surface area is 207 Å². The Morgan fingerprint density at radius 2 is 1.79 bits per heavy atom. The van der Waals surface area contributed by atoms with Crippen LogP contribution in [0.15, 0.2) is 48.5 Å². The van der Waals surface area contributed by atoms with Crippen molar-refractivity contribution >= 4 is 5.69 Å². The molecule has 2 aromatic carbocycles. The molecule has 0 aromatic heterocycles. The van der Waals surface area contributed by atoms with Crippen LogP contribution in [0.25, 0.3) is 4.85 Å². The predicted octanol–water partition coefficient (Wildman–Crippen LogP) is 7.82. The smallest absolute Gasteiger partial charge is 0.187 e. The lowest BCUT2D eigenvalue weighted by molar-refractivity contribution is 0.0911. The Morgan fingerprint density at radius 1 is 1.06 bits per heavy atom. The zero-order valence-corrected chi connectivity index (χ0v) is 21.3. The average molecular weight is 459 g/mol. The van der Waals surface area contributed by atoms with Crippen LogP contribution in [0, 0.1) is 18.4 Å². The highest BCUT2D eigenvalue weighted by Crippen LogP contribution is 2.51. The van der Waals surface area contributed by atoms with Gasteiger partial charge in [-0.3, -0.25) is 0 Å². The highest BCUT2D eigenvalue weighted by Gasteiger charge is 2.44. The lowest BCUT2D eigenvalue weighted by atomic mass is 9.57. The Hall–Kier alpha value is -2.31. The monoisotopic (exact) mass is 458 g/mol. The maximum atomic E-state index is 7.05. The van der Waals surface area contributed by atoms with Gasteiger partial charge in [0.2, 0.25) is 0 Å². The van der Waals surface area contributed by atoms with Gasteiger partial charge >= 0.3 is 0 Å². The molecule has 3 heteroatoms. The van der Waals surface area contributed by atoms with Crippen LogP contribution in [-0.2, 0) is 11.8 Å². The van der Waals surface area contributed by atoms with Crippen LogP contribution in [0.5, 0.6) is 5.75 Å². The Morgan fingerprint density at radius 3 is 2.50 bits per heavy atom. The standard InChI is InChI=1S/C31H42N2O/c1-4-25(5-2)24-31(19-8-11-26-10-6-7-12-30(26)31)27-17-21-33(22-18-27)20-9-23-34-29-15-13-28(32-3)14-16-29/h6-7,10,12-16,25,27H,4-5,8-9,11,17-24H2,1-2H3. The van der Waals surface area contributed by atoms with E-state index in [0.29, 0.717) is 11.1 Å². The average Bonchev–Trinajstić information content (AvgIpc) is 2.90. The van der Waals surface area contributed by atoms with Gasteiger partial charge in [0.1, 0.15) is 5.75 Å². The molecule has 1 fully saturated rings. The molecule has 1 aliphatic heterocycles. The number of hydrogen-bond acceptors (Lipinski definition) is 2. The molecule has 0 bridgehead atoms. The number of likely N-dealkylation sites (tertiary alicyclic amines) is 1. The third kappa shape index (κ3) is 5.66. The van der Waals surface area contributed by atoms with E-state index < -0.39 is 0 Å². The quantitative estimate of drug-likeness (QED) is 0.267. The number of piperidine rings is 1. The van der Waals surface area contributed by atoms with E-state index in [1.807, 2.05) is 24.3 Å². The van der Waals surface area contributed by atoms with Crippen molar-refractivity contribution < 1.29 is 4.74 Å². The van der Waals surface area contributed by atoms with Gasteiger partial charge in [0.05, 0.1) is 13.2 Å². The van der Waals surface area contributed by atoms with Crippen molar-refractivity contribution in [1.82, 2.24) is 4.90 Å². The topological polar surface area (TPSA) is 16.8 Å². The summed E-state index contributed by atoms with van der Waals surface area (Å²) < 4.78 is 5.91. The first-order valence-corrected chi connectivity index (χ1v) is 13.6. The molecule has 0 spiro atoms. The van der Waals surface area contributed by atoms with Crippen molar-refractivity contribution in [3.05, 3.63) is 71.1 Å². The molecule has 182 valence electrons. The molecular formula is C31H42N2O. The highest BCUT2D eigenvalue weighted by atomic mass is 16.5.